The van der Waals surface area contributed by atoms with Gasteiger partial charge in [0.2, 0.25) is 15.9 Å². The highest BCUT2D eigenvalue weighted by molar-refractivity contribution is 7.89. The van der Waals surface area contributed by atoms with Crippen LogP contribution >= 0.6 is 0 Å². The molecule has 0 saturated heterocycles. The van der Waals surface area contributed by atoms with E-state index in [1.54, 1.807) is 31.2 Å². The molecule has 1 aliphatic carbocycles. The van der Waals surface area contributed by atoms with Crippen molar-refractivity contribution in [1.29, 1.82) is 0 Å². The van der Waals surface area contributed by atoms with Gasteiger partial charge < -0.3 is 5.32 Å². The normalized spacial score (nSPS) is 15.1. The van der Waals surface area contributed by atoms with Gasteiger partial charge in [-0.2, -0.15) is 0 Å². The largest absolute Gasteiger partial charge is 0.326 e. The van der Waals surface area contributed by atoms with Crippen LogP contribution in [0.2, 0.25) is 0 Å². The van der Waals surface area contributed by atoms with Crippen LogP contribution in [-0.2, 0) is 14.8 Å². The van der Waals surface area contributed by atoms with E-state index in [4.69, 9.17) is 0 Å². The van der Waals surface area contributed by atoms with Crippen LogP contribution < -0.4 is 10.0 Å². The Bertz CT molecular complexity index is 951. The Morgan fingerprint density at radius 2 is 1.70 bits per heavy atom. The predicted octanol–water partition coefficient (Wildman–Crippen LogP) is 2.98. The fourth-order valence-corrected chi connectivity index (χ4v) is 3.79. The zero-order chi connectivity index (χ0) is 19.6. The van der Waals surface area contributed by atoms with Crippen LogP contribution in [-0.4, -0.2) is 19.2 Å². The number of hydrogen-bond donors (Lipinski definition) is 2. The van der Waals surface area contributed by atoms with Gasteiger partial charge in [0.1, 0.15) is 0 Å². The smallest absolute Gasteiger partial charge is 0.269 e. The Hall–Kier alpha value is -2.78. The molecule has 0 aliphatic heterocycles. The molecule has 1 amide bonds. The lowest BCUT2D eigenvalue weighted by molar-refractivity contribution is -0.384. The van der Waals surface area contributed by atoms with Gasteiger partial charge in [0, 0.05) is 29.8 Å². The first-order chi connectivity index (χ1) is 12.8. The van der Waals surface area contributed by atoms with Crippen molar-refractivity contribution in [3.8, 4) is 0 Å². The molecule has 27 heavy (non-hydrogen) atoms. The molecule has 1 aliphatic rings. The summed E-state index contributed by atoms with van der Waals surface area (Å²) in [6.45, 7) is 1.70. The summed E-state index contributed by atoms with van der Waals surface area (Å²) in [5.41, 5.74) is 1.22. The second-order valence-electron chi connectivity index (χ2n) is 6.48. The number of sulfonamides is 1. The predicted molar refractivity (Wildman–Crippen MR) is 99.6 cm³/mol. The van der Waals surface area contributed by atoms with E-state index in [2.05, 4.69) is 10.0 Å². The van der Waals surface area contributed by atoms with Gasteiger partial charge in [0.25, 0.3) is 5.69 Å². The number of amides is 1. The Balaban J connectivity index is 1.66. The van der Waals surface area contributed by atoms with E-state index in [-0.39, 0.29) is 22.4 Å². The standard InChI is InChI=1S/C18H19N3O5S/c1-12(13-4-6-15(7-5-13)19-18(22)14-2-3-14)20-27(25,26)17-10-8-16(9-11-17)21(23)24/h4-12,14,20H,2-3H2,1H3,(H,19,22). The number of nitrogens with zero attached hydrogens (tertiary/aromatic N) is 1. The Labute approximate surface area is 156 Å². The number of benzene rings is 2. The van der Waals surface area contributed by atoms with Crippen LogP contribution in [0.15, 0.2) is 53.4 Å². The summed E-state index contributed by atoms with van der Waals surface area (Å²) in [4.78, 5) is 21.8. The lowest BCUT2D eigenvalue weighted by Gasteiger charge is -2.15. The van der Waals surface area contributed by atoms with Crippen molar-refractivity contribution >= 4 is 27.3 Å². The molecule has 142 valence electrons. The lowest BCUT2D eigenvalue weighted by Crippen LogP contribution is -2.26. The number of anilines is 1. The van der Waals surface area contributed by atoms with Gasteiger partial charge in [0.15, 0.2) is 0 Å². The van der Waals surface area contributed by atoms with Gasteiger partial charge in [-0.1, -0.05) is 12.1 Å². The number of nitrogens with one attached hydrogen (secondary N) is 2. The van der Waals surface area contributed by atoms with Crippen molar-refractivity contribution in [2.24, 2.45) is 5.92 Å². The molecule has 2 N–H and O–H groups in total. The molecule has 1 unspecified atom stereocenters. The van der Waals surface area contributed by atoms with Gasteiger partial charge in [-0.15, -0.1) is 0 Å². The third kappa shape index (κ3) is 4.69. The first-order valence-corrected chi connectivity index (χ1v) is 9.92. The number of nitro groups is 1. The van der Waals surface area contributed by atoms with E-state index in [9.17, 15) is 23.3 Å². The molecule has 0 bridgehead atoms. The zero-order valence-electron chi connectivity index (χ0n) is 14.6. The van der Waals surface area contributed by atoms with Crippen LogP contribution in [0.5, 0.6) is 0 Å². The minimum Gasteiger partial charge on any atom is -0.326 e. The van der Waals surface area contributed by atoms with Crippen LogP contribution in [0, 0.1) is 16.0 Å². The first-order valence-electron chi connectivity index (χ1n) is 8.44. The van der Waals surface area contributed by atoms with E-state index in [0.717, 1.165) is 30.5 Å². The van der Waals surface area contributed by atoms with Gasteiger partial charge in [0.05, 0.1) is 9.82 Å². The second kappa shape index (κ2) is 7.45. The molecule has 1 fully saturated rings. The Morgan fingerprint density at radius 1 is 1.11 bits per heavy atom. The molecule has 9 heteroatoms. The highest BCUT2D eigenvalue weighted by Crippen LogP contribution is 2.30. The third-order valence-corrected chi connectivity index (χ3v) is 5.87. The minimum absolute atomic E-state index is 0.00896. The van der Waals surface area contributed by atoms with E-state index >= 15 is 0 Å². The summed E-state index contributed by atoms with van der Waals surface area (Å²) in [5, 5.41) is 13.5. The molecule has 3 rings (SSSR count). The summed E-state index contributed by atoms with van der Waals surface area (Å²) < 4.78 is 27.4. The molecule has 0 heterocycles. The fraction of sp³-hybridized carbons (Fsp3) is 0.278. The molecule has 8 nitrogen and oxygen atoms in total. The molecule has 1 atom stereocenters. The maximum atomic E-state index is 12.5. The van der Waals surface area contributed by atoms with Crippen LogP contribution in [0.1, 0.15) is 31.4 Å². The van der Waals surface area contributed by atoms with Crippen molar-refractivity contribution in [2.75, 3.05) is 5.32 Å². The van der Waals surface area contributed by atoms with E-state index in [1.807, 2.05) is 0 Å². The third-order valence-electron chi connectivity index (χ3n) is 4.32. The molecule has 0 spiro atoms. The second-order valence-corrected chi connectivity index (χ2v) is 8.19. The minimum atomic E-state index is -3.82. The van der Waals surface area contributed by atoms with Crippen molar-refractivity contribution in [1.82, 2.24) is 4.72 Å². The molecule has 0 radical (unpaired) electrons. The number of rotatable bonds is 7. The van der Waals surface area contributed by atoms with Gasteiger partial charge >= 0.3 is 0 Å². The number of carbonyl (C=O) groups excluding carboxylic acids is 1. The Morgan fingerprint density at radius 3 is 2.22 bits per heavy atom. The molecule has 2 aromatic rings. The topological polar surface area (TPSA) is 118 Å². The van der Waals surface area contributed by atoms with Crippen molar-refractivity contribution in [3.63, 3.8) is 0 Å². The number of hydrogen-bond acceptors (Lipinski definition) is 5. The first kappa shape index (κ1) is 19.0. The SMILES string of the molecule is CC(NS(=O)(=O)c1ccc([N+](=O)[O-])cc1)c1ccc(NC(=O)C2CC2)cc1. The molecule has 1 saturated carbocycles. The number of carbonyl (C=O) groups is 1. The summed E-state index contributed by atoms with van der Waals surface area (Å²) in [7, 11) is -3.82. The highest BCUT2D eigenvalue weighted by Gasteiger charge is 2.29. The van der Waals surface area contributed by atoms with E-state index in [1.165, 1.54) is 12.1 Å². The zero-order valence-corrected chi connectivity index (χ0v) is 15.4. The Kier molecular flexibility index (Phi) is 5.24. The fourth-order valence-electron chi connectivity index (χ4n) is 2.56. The van der Waals surface area contributed by atoms with Crippen molar-refractivity contribution < 1.29 is 18.1 Å². The summed E-state index contributed by atoms with van der Waals surface area (Å²) in [6, 6.07) is 11.1. The molecular weight excluding hydrogens is 370 g/mol. The summed E-state index contributed by atoms with van der Waals surface area (Å²) in [6.07, 6.45) is 1.84. The van der Waals surface area contributed by atoms with Crippen molar-refractivity contribution in [3.05, 3.63) is 64.2 Å². The van der Waals surface area contributed by atoms with Gasteiger partial charge in [-0.25, -0.2) is 13.1 Å². The van der Waals surface area contributed by atoms with E-state index < -0.39 is 21.0 Å². The number of nitro benzene ring substituents is 1. The van der Waals surface area contributed by atoms with Crippen LogP contribution in [0.25, 0.3) is 0 Å². The number of non-ortho nitro benzene ring substituents is 1. The quantitative estimate of drug-likeness (QED) is 0.557. The molecule has 2 aromatic carbocycles. The average Bonchev–Trinajstić information content (AvgIpc) is 3.47. The van der Waals surface area contributed by atoms with Gasteiger partial charge in [-0.05, 0) is 49.6 Å². The average molecular weight is 389 g/mol. The molecular formula is C18H19N3O5S. The van der Waals surface area contributed by atoms with E-state index in [0.29, 0.717) is 5.69 Å². The van der Waals surface area contributed by atoms with Crippen molar-refractivity contribution in [2.45, 2.75) is 30.7 Å². The summed E-state index contributed by atoms with van der Waals surface area (Å²) in [5.74, 6) is 0.117. The maximum Gasteiger partial charge on any atom is 0.269 e. The van der Waals surface area contributed by atoms with Crippen LogP contribution in [0.3, 0.4) is 0 Å². The monoisotopic (exact) mass is 389 g/mol. The van der Waals surface area contributed by atoms with Gasteiger partial charge in [-0.3, -0.25) is 14.9 Å². The summed E-state index contributed by atoms with van der Waals surface area (Å²) >= 11 is 0. The van der Waals surface area contributed by atoms with Crippen LogP contribution in [0.4, 0.5) is 11.4 Å². The maximum absolute atomic E-state index is 12.5. The molecule has 0 aromatic heterocycles. The highest BCUT2D eigenvalue weighted by atomic mass is 32.2. The lowest BCUT2D eigenvalue weighted by atomic mass is 10.1.